The number of hydrogen-bond acceptors (Lipinski definition) is 12. The number of aryl methyl sites for hydroxylation is 1. The smallest absolute Gasteiger partial charge is 0.370 e. The average Bonchev–Trinajstić information content (AvgIpc) is 3.70. The number of nitrogens with zero attached hydrogens (tertiary/aromatic N) is 6. The van der Waals surface area contributed by atoms with Gasteiger partial charge < -0.3 is 40.9 Å². The van der Waals surface area contributed by atoms with Gasteiger partial charge in [-0.15, -0.1) is 10.2 Å². The summed E-state index contributed by atoms with van der Waals surface area (Å²) in [7, 11) is 0. The molecule has 242 valence electrons. The molecular formula is C28H36N8O9. The summed E-state index contributed by atoms with van der Waals surface area (Å²) in [4.78, 5) is 36.7. The van der Waals surface area contributed by atoms with Crippen molar-refractivity contribution in [1.29, 1.82) is 0 Å². The lowest BCUT2D eigenvalue weighted by Crippen LogP contribution is -2.58. The molecule has 3 heterocycles. The molecule has 1 aliphatic rings. The fourth-order valence-electron chi connectivity index (χ4n) is 4.92. The molecule has 7 N–H and O–H groups in total. The van der Waals surface area contributed by atoms with Crippen LogP contribution in [0.2, 0.25) is 0 Å². The lowest BCUT2D eigenvalue weighted by Gasteiger charge is -2.39. The molecule has 0 radical (unpaired) electrons. The molecule has 1 aliphatic heterocycles. The van der Waals surface area contributed by atoms with Gasteiger partial charge in [0.1, 0.15) is 29.7 Å². The molecule has 4 rings (SSSR count). The normalized spacial score (nSPS) is 19.2. The number of amides is 2. The van der Waals surface area contributed by atoms with Gasteiger partial charge in [0.05, 0.1) is 43.4 Å². The molecule has 0 unspecified atom stereocenters. The number of carboxylic acid groups (broad SMARTS) is 1. The number of carbonyl (C=O) groups excluding carboxylic acids is 2. The minimum atomic E-state index is -1.77. The quantitative estimate of drug-likeness (QED) is 0.104. The number of carbonyl (C=O) groups is 3. The van der Waals surface area contributed by atoms with Crippen LogP contribution in [0, 0.1) is 0 Å². The van der Waals surface area contributed by atoms with Gasteiger partial charge in [-0.2, -0.15) is 0 Å². The topological polar surface area (TPSA) is 247 Å². The highest BCUT2D eigenvalue weighted by atomic mass is 16.5. The number of hydrogen-bond donors (Lipinski definition) is 7. The zero-order valence-electron chi connectivity index (χ0n) is 24.4. The zero-order valence-corrected chi connectivity index (χ0v) is 24.4. The molecule has 5 atom stereocenters. The standard InChI is InChI=1S/C28H36N8O9/c1-16(39)29-25-21(11-23(28(43)44)45-27(25)26(42)22(40)15-38)36-13-20(32-34-36)18-7-4-5-8-19(18)30-24(41)9-3-2-6-10-35-12-17(14-37)31-33-35/h4-5,7-8,11-13,21-22,25-27,37-38,40,42H,2-3,6,9-10,14-15H2,1H3,(H,29,39)(H,30,41)(H,43,44)/t21-,22+,25+,26+,27+/m0/s1. The van der Waals surface area contributed by atoms with E-state index in [0.29, 0.717) is 35.6 Å². The van der Waals surface area contributed by atoms with E-state index in [-0.39, 0.29) is 18.9 Å². The van der Waals surface area contributed by atoms with Crippen LogP contribution in [0.15, 0.2) is 48.5 Å². The summed E-state index contributed by atoms with van der Waals surface area (Å²) in [5.74, 6) is -2.75. The van der Waals surface area contributed by atoms with Crippen molar-refractivity contribution in [2.75, 3.05) is 11.9 Å². The summed E-state index contributed by atoms with van der Waals surface area (Å²) in [5, 5.41) is 70.4. The lowest BCUT2D eigenvalue weighted by atomic mass is 9.92. The molecule has 2 aromatic heterocycles. The monoisotopic (exact) mass is 628 g/mol. The van der Waals surface area contributed by atoms with Gasteiger partial charge in [-0.05, 0) is 25.0 Å². The van der Waals surface area contributed by atoms with Crippen LogP contribution in [0.3, 0.4) is 0 Å². The van der Waals surface area contributed by atoms with Crippen molar-refractivity contribution in [1.82, 2.24) is 35.3 Å². The molecule has 0 saturated heterocycles. The Bertz CT molecular complexity index is 1510. The van der Waals surface area contributed by atoms with Gasteiger partial charge in [-0.3, -0.25) is 14.3 Å². The van der Waals surface area contributed by atoms with E-state index in [0.717, 1.165) is 12.8 Å². The van der Waals surface area contributed by atoms with Crippen LogP contribution in [0.4, 0.5) is 5.69 Å². The Balaban J connectivity index is 1.48. The number of ether oxygens (including phenoxy) is 1. The van der Waals surface area contributed by atoms with Gasteiger partial charge in [-0.1, -0.05) is 35.0 Å². The van der Waals surface area contributed by atoms with Crippen molar-refractivity contribution >= 4 is 23.5 Å². The fraction of sp³-hybridized carbons (Fsp3) is 0.464. The number of anilines is 1. The predicted molar refractivity (Wildman–Crippen MR) is 155 cm³/mol. The van der Waals surface area contributed by atoms with E-state index in [1.165, 1.54) is 23.9 Å². The maximum absolute atomic E-state index is 12.8. The maximum Gasteiger partial charge on any atom is 0.370 e. The predicted octanol–water partition coefficient (Wildman–Crippen LogP) is -0.645. The van der Waals surface area contributed by atoms with Crippen LogP contribution in [-0.2, 0) is 32.3 Å². The number of nitrogens with one attached hydrogen (secondary N) is 2. The molecule has 1 aromatic carbocycles. The molecule has 2 amide bonds. The number of carboxylic acids is 1. The molecule has 3 aromatic rings. The fourth-order valence-corrected chi connectivity index (χ4v) is 4.92. The van der Waals surface area contributed by atoms with Gasteiger partial charge in [0.15, 0.2) is 0 Å². The van der Waals surface area contributed by atoms with Gasteiger partial charge in [0.25, 0.3) is 0 Å². The third-order valence-electron chi connectivity index (χ3n) is 7.14. The Labute approximate surface area is 257 Å². The first-order valence-corrected chi connectivity index (χ1v) is 14.3. The maximum atomic E-state index is 12.8. The van der Waals surface area contributed by atoms with E-state index >= 15 is 0 Å². The van der Waals surface area contributed by atoms with Gasteiger partial charge >= 0.3 is 5.97 Å². The van der Waals surface area contributed by atoms with Gasteiger partial charge in [-0.25, -0.2) is 9.48 Å². The number of unbranched alkanes of at least 4 members (excludes halogenated alkanes) is 2. The molecule has 0 aliphatic carbocycles. The number of benzene rings is 1. The first-order valence-electron chi connectivity index (χ1n) is 14.3. The number of aromatic nitrogens is 6. The minimum absolute atomic E-state index is 0.172. The summed E-state index contributed by atoms with van der Waals surface area (Å²) >= 11 is 0. The average molecular weight is 629 g/mol. The van der Waals surface area contributed by atoms with E-state index in [2.05, 4.69) is 31.3 Å². The molecular weight excluding hydrogens is 592 g/mol. The number of para-hydroxylation sites is 1. The van der Waals surface area contributed by atoms with Crippen LogP contribution in [0.25, 0.3) is 11.3 Å². The van der Waals surface area contributed by atoms with Crippen LogP contribution in [-0.4, -0.2) is 104 Å². The van der Waals surface area contributed by atoms with Crippen molar-refractivity contribution in [3.05, 3.63) is 54.2 Å². The van der Waals surface area contributed by atoms with Crippen molar-refractivity contribution in [3.8, 4) is 11.3 Å². The third kappa shape index (κ3) is 8.48. The van der Waals surface area contributed by atoms with Crippen LogP contribution in [0.5, 0.6) is 0 Å². The largest absolute Gasteiger partial charge is 0.478 e. The SMILES string of the molecule is CC(=O)N[C@H]1[C@H]([C@H](O)[C@H](O)CO)OC(C(=O)O)=C[C@@H]1n1cc(-c2ccccc2NC(=O)CCCCCn2cc(CO)nn2)nn1. The van der Waals surface area contributed by atoms with Crippen LogP contribution < -0.4 is 10.6 Å². The van der Waals surface area contributed by atoms with E-state index < -0.39 is 54.6 Å². The van der Waals surface area contributed by atoms with Crippen molar-refractivity contribution < 1.29 is 44.7 Å². The second-order valence-corrected chi connectivity index (χ2v) is 10.5. The Morgan fingerprint density at radius 3 is 2.51 bits per heavy atom. The summed E-state index contributed by atoms with van der Waals surface area (Å²) in [5.41, 5.74) is 1.82. The lowest BCUT2D eigenvalue weighted by molar-refractivity contribution is -0.147. The summed E-state index contributed by atoms with van der Waals surface area (Å²) in [6, 6.07) is 4.77. The number of aliphatic hydroxyl groups excluding tert-OH is 4. The summed E-state index contributed by atoms with van der Waals surface area (Å²) < 4.78 is 8.36. The first-order chi connectivity index (χ1) is 21.6. The minimum Gasteiger partial charge on any atom is -0.478 e. The Hall–Kier alpha value is -4.71. The van der Waals surface area contributed by atoms with E-state index in [1.807, 2.05) is 0 Å². The van der Waals surface area contributed by atoms with E-state index in [1.54, 1.807) is 35.1 Å². The molecule has 0 bridgehead atoms. The second-order valence-electron chi connectivity index (χ2n) is 10.5. The Morgan fingerprint density at radius 1 is 1.04 bits per heavy atom. The number of rotatable bonds is 15. The molecule has 0 fully saturated rings. The highest BCUT2D eigenvalue weighted by molar-refractivity contribution is 5.95. The molecule has 0 saturated carbocycles. The van der Waals surface area contributed by atoms with Gasteiger partial charge in [0, 0.05) is 25.5 Å². The Kier molecular flexibility index (Phi) is 11.3. The first kappa shape index (κ1) is 33.2. The summed E-state index contributed by atoms with van der Waals surface area (Å²) in [6.07, 6.45) is 1.90. The number of aliphatic hydroxyl groups is 4. The number of aliphatic carboxylic acids is 1. The molecule has 17 nitrogen and oxygen atoms in total. The van der Waals surface area contributed by atoms with Crippen molar-refractivity contribution in [3.63, 3.8) is 0 Å². The van der Waals surface area contributed by atoms with Crippen molar-refractivity contribution in [2.24, 2.45) is 0 Å². The zero-order chi connectivity index (χ0) is 32.5. The van der Waals surface area contributed by atoms with E-state index in [4.69, 9.17) is 9.84 Å². The van der Waals surface area contributed by atoms with Crippen LogP contribution in [0.1, 0.15) is 44.3 Å². The third-order valence-corrected chi connectivity index (χ3v) is 7.14. The molecule has 0 spiro atoms. The van der Waals surface area contributed by atoms with Crippen LogP contribution >= 0.6 is 0 Å². The second kappa shape index (κ2) is 15.3. The van der Waals surface area contributed by atoms with E-state index in [9.17, 15) is 34.8 Å². The molecule has 17 heteroatoms. The van der Waals surface area contributed by atoms with Gasteiger partial charge in [0.2, 0.25) is 17.6 Å². The van der Waals surface area contributed by atoms with Crippen molar-refractivity contribution in [2.45, 2.75) is 76.2 Å². The Morgan fingerprint density at radius 2 is 1.82 bits per heavy atom. The molecule has 45 heavy (non-hydrogen) atoms. The highest BCUT2D eigenvalue weighted by Gasteiger charge is 2.44. The summed E-state index contributed by atoms with van der Waals surface area (Å²) in [6.45, 7) is 0.828. The highest BCUT2D eigenvalue weighted by Crippen LogP contribution is 2.32.